The van der Waals surface area contributed by atoms with Crippen molar-refractivity contribution in [3.63, 3.8) is 0 Å². The molecule has 3 rings (SSSR count). The summed E-state index contributed by atoms with van der Waals surface area (Å²) in [5, 5.41) is 0. The van der Waals surface area contributed by atoms with Gasteiger partial charge in [0.2, 0.25) is 5.91 Å². The molecule has 0 spiro atoms. The summed E-state index contributed by atoms with van der Waals surface area (Å²) in [5.41, 5.74) is 0.613. The monoisotopic (exact) mass is 314 g/mol. The van der Waals surface area contributed by atoms with Crippen LogP contribution >= 0.6 is 0 Å². The molecule has 6 nitrogen and oxygen atoms in total. The molecule has 120 valence electrons. The van der Waals surface area contributed by atoms with Crippen LogP contribution in [0.3, 0.4) is 0 Å². The van der Waals surface area contributed by atoms with Crippen LogP contribution in [0, 0.1) is 0 Å². The number of rotatable bonds is 2. The molecule has 1 saturated heterocycles. The van der Waals surface area contributed by atoms with Gasteiger partial charge in [-0.1, -0.05) is 24.8 Å². The molecule has 2 heterocycles. The number of carbonyl (C=O) groups excluding carboxylic acids is 3. The Morgan fingerprint density at radius 2 is 1.61 bits per heavy atom. The van der Waals surface area contributed by atoms with E-state index in [4.69, 9.17) is 4.74 Å². The average Bonchev–Trinajstić information content (AvgIpc) is 2.95. The van der Waals surface area contributed by atoms with Gasteiger partial charge in [-0.15, -0.1) is 0 Å². The lowest BCUT2D eigenvalue weighted by atomic mass is 10.3. The SMILES string of the molecule is C=CC(=O)N1CCOCC1.O=C1C=CC(=O)N1c1ccccc1. The normalized spacial score (nSPS) is 16.9. The molecular weight excluding hydrogens is 296 g/mol. The highest BCUT2D eigenvalue weighted by Gasteiger charge is 2.24. The Morgan fingerprint density at radius 3 is 2.13 bits per heavy atom. The van der Waals surface area contributed by atoms with Crippen molar-refractivity contribution in [2.24, 2.45) is 0 Å². The molecule has 0 radical (unpaired) electrons. The highest BCUT2D eigenvalue weighted by atomic mass is 16.5. The minimum absolute atomic E-state index is 0.00306. The maximum absolute atomic E-state index is 11.2. The third-order valence-electron chi connectivity index (χ3n) is 3.32. The van der Waals surface area contributed by atoms with Gasteiger partial charge in [0.15, 0.2) is 0 Å². The lowest BCUT2D eigenvalue weighted by Crippen LogP contribution is -2.39. The van der Waals surface area contributed by atoms with Crippen molar-refractivity contribution in [2.75, 3.05) is 31.2 Å². The van der Waals surface area contributed by atoms with E-state index in [-0.39, 0.29) is 17.7 Å². The molecular formula is C17H18N2O4. The summed E-state index contributed by atoms with van der Waals surface area (Å²) in [6, 6.07) is 8.86. The zero-order valence-electron chi connectivity index (χ0n) is 12.7. The van der Waals surface area contributed by atoms with Crippen LogP contribution in [0.15, 0.2) is 55.1 Å². The molecule has 0 bridgehead atoms. The fourth-order valence-corrected chi connectivity index (χ4v) is 2.14. The summed E-state index contributed by atoms with van der Waals surface area (Å²) < 4.78 is 5.07. The molecule has 0 N–H and O–H groups in total. The van der Waals surface area contributed by atoms with E-state index >= 15 is 0 Å². The van der Waals surface area contributed by atoms with Crippen molar-refractivity contribution in [1.82, 2.24) is 4.90 Å². The van der Waals surface area contributed by atoms with E-state index in [9.17, 15) is 14.4 Å². The standard InChI is InChI=1S/C10H7NO2.C7H11NO2/c12-9-6-7-10(13)11(9)8-4-2-1-3-5-8;1-2-7(9)8-3-5-10-6-4-8/h1-7H;2H,1,3-6H2. The molecule has 23 heavy (non-hydrogen) atoms. The Morgan fingerprint density at radius 1 is 1.04 bits per heavy atom. The predicted molar refractivity (Wildman–Crippen MR) is 85.7 cm³/mol. The van der Waals surface area contributed by atoms with Crippen molar-refractivity contribution in [3.8, 4) is 0 Å². The van der Waals surface area contributed by atoms with Gasteiger partial charge in [-0.25, -0.2) is 4.90 Å². The van der Waals surface area contributed by atoms with Gasteiger partial charge < -0.3 is 9.64 Å². The van der Waals surface area contributed by atoms with Crippen LogP contribution in [-0.2, 0) is 19.1 Å². The number of hydrogen-bond donors (Lipinski definition) is 0. The molecule has 2 aliphatic rings. The maximum Gasteiger partial charge on any atom is 0.258 e. The minimum atomic E-state index is -0.281. The Labute approximate surface area is 134 Å². The number of ether oxygens (including phenoxy) is 1. The summed E-state index contributed by atoms with van der Waals surface area (Å²) in [4.78, 5) is 36.2. The first-order chi connectivity index (χ1) is 11.1. The number of imide groups is 1. The summed E-state index contributed by atoms with van der Waals surface area (Å²) in [7, 11) is 0. The van der Waals surface area contributed by atoms with Crippen LogP contribution in [0.2, 0.25) is 0 Å². The van der Waals surface area contributed by atoms with Crippen LogP contribution in [0.1, 0.15) is 0 Å². The second kappa shape index (κ2) is 8.05. The van der Waals surface area contributed by atoms with Crippen LogP contribution in [-0.4, -0.2) is 48.9 Å². The molecule has 1 aromatic rings. The van der Waals surface area contributed by atoms with Gasteiger partial charge in [0.05, 0.1) is 18.9 Å². The first-order valence-electron chi connectivity index (χ1n) is 7.23. The lowest BCUT2D eigenvalue weighted by molar-refractivity contribution is -0.130. The number of amides is 3. The van der Waals surface area contributed by atoms with Gasteiger partial charge in [-0.3, -0.25) is 14.4 Å². The van der Waals surface area contributed by atoms with E-state index in [2.05, 4.69) is 6.58 Å². The molecule has 0 unspecified atom stereocenters. The molecule has 0 atom stereocenters. The summed E-state index contributed by atoms with van der Waals surface area (Å²) in [6.45, 7) is 6.11. The van der Waals surface area contributed by atoms with E-state index in [0.717, 1.165) is 4.90 Å². The minimum Gasteiger partial charge on any atom is -0.378 e. The first kappa shape index (κ1) is 16.6. The van der Waals surface area contributed by atoms with E-state index < -0.39 is 0 Å². The van der Waals surface area contributed by atoms with Crippen LogP contribution < -0.4 is 4.90 Å². The Balaban J connectivity index is 0.000000174. The molecule has 2 aliphatic heterocycles. The largest absolute Gasteiger partial charge is 0.378 e. The molecule has 1 aromatic carbocycles. The highest BCUT2D eigenvalue weighted by molar-refractivity contribution is 6.28. The zero-order chi connectivity index (χ0) is 16.7. The van der Waals surface area contributed by atoms with Gasteiger partial charge >= 0.3 is 0 Å². The number of benzene rings is 1. The topological polar surface area (TPSA) is 66.9 Å². The second-order valence-electron chi connectivity index (χ2n) is 4.82. The average molecular weight is 314 g/mol. The van der Waals surface area contributed by atoms with E-state index in [1.54, 1.807) is 29.2 Å². The molecule has 6 heteroatoms. The molecule has 0 saturated carbocycles. The van der Waals surface area contributed by atoms with Crippen LogP contribution in [0.5, 0.6) is 0 Å². The summed E-state index contributed by atoms with van der Waals surface area (Å²) in [6.07, 6.45) is 3.88. The van der Waals surface area contributed by atoms with E-state index in [1.165, 1.54) is 18.2 Å². The van der Waals surface area contributed by atoms with Gasteiger partial charge in [-0.05, 0) is 18.2 Å². The summed E-state index contributed by atoms with van der Waals surface area (Å²) in [5.74, 6) is -0.560. The Kier molecular flexibility index (Phi) is 5.82. The molecule has 0 aliphatic carbocycles. The summed E-state index contributed by atoms with van der Waals surface area (Å²) >= 11 is 0. The first-order valence-corrected chi connectivity index (χ1v) is 7.23. The Hall–Kier alpha value is -2.73. The molecule has 1 fully saturated rings. The second-order valence-corrected chi connectivity index (χ2v) is 4.82. The number of nitrogens with zero attached hydrogens (tertiary/aromatic N) is 2. The number of hydrogen-bond acceptors (Lipinski definition) is 4. The van der Waals surface area contributed by atoms with Crippen LogP contribution in [0.4, 0.5) is 5.69 Å². The third kappa shape index (κ3) is 4.37. The third-order valence-corrected chi connectivity index (χ3v) is 3.32. The van der Waals surface area contributed by atoms with Crippen molar-refractivity contribution in [2.45, 2.75) is 0 Å². The quantitative estimate of drug-likeness (QED) is 0.606. The number of anilines is 1. The predicted octanol–water partition coefficient (Wildman–Crippen LogP) is 1.15. The molecule has 0 aromatic heterocycles. The smallest absolute Gasteiger partial charge is 0.258 e. The van der Waals surface area contributed by atoms with Gasteiger partial charge in [0.1, 0.15) is 0 Å². The van der Waals surface area contributed by atoms with Gasteiger partial charge in [-0.2, -0.15) is 0 Å². The fourth-order valence-electron chi connectivity index (χ4n) is 2.14. The van der Waals surface area contributed by atoms with E-state index in [0.29, 0.717) is 32.0 Å². The van der Waals surface area contributed by atoms with Gasteiger partial charge in [0, 0.05) is 25.2 Å². The van der Waals surface area contributed by atoms with Crippen molar-refractivity contribution < 1.29 is 19.1 Å². The Bertz CT molecular complexity index is 601. The molecule has 3 amide bonds. The fraction of sp³-hybridized carbons (Fsp3) is 0.235. The maximum atomic E-state index is 11.2. The lowest BCUT2D eigenvalue weighted by Gasteiger charge is -2.25. The number of para-hydroxylation sites is 1. The van der Waals surface area contributed by atoms with Crippen molar-refractivity contribution in [3.05, 3.63) is 55.1 Å². The van der Waals surface area contributed by atoms with Gasteiger partial charge in [0.25, 0.3) is 11.8 Å². The zero-order valence-corrected chi connectivity index (χ0v) is 12.7. The van der Waals surface area contributed by atoms with Crippen LogP contribution in [0.25, 0.3) is 0 Å². The number of carbonyl (C=O) groups is 3. The highest BCUT2D eigenvalue weighted by Crippen LogP contribution is 2.17. The number of morpholine rings is 1. The van der Waals surface area contributed by atoms with Crippen molar-refractivity contribution in [1.29, 1.82) is 0 Å². The van der Waals surface area contributed by atoms with E-state index in [1.807, 2.05) is 6.07 Å². The van der Waals surface area contributed by atoms with Crippen molar-refractivity contribution >= 4 is 23.4 Å².